The first kappa shape index (κ1) is 14.7. The lowest BCUT2D eigenvalue weighted by Crippen LogP contribution is -2.20. The molecule has 17 heavy (non-hydrogen) atoms. The molecule has 1 saturated carbocycles. The highest BCUT2D eigenvalue weighted by molar-refractivity contribution is 5.80. The summed E-state index contributed by atoms with van der Waals surface area (Å²) in [6.07, 6.45) is 13.4. The fraction of sp³-hybridized carbons (Fsp3) is 0.938. The molecule has 1 heteroatoms. The molecule has 1 fully saturated rings. The minimum atomic E-state index is 0.418. The predicted octanol–water partition coefficient (Wildman–Crippen LogP) is 5.13. The first-order chi connectivity index (χ1) is 8.24. The highest BCUT2D eigenvalue weighted by Gasteiger charge is 2.23. The number of rotatable bonds is 8. The number of carbonyl (C=O) groups excluding carboxylic acids is 1. The van der Waals surface area contributed by atoms with E-state index in [9.17, 15) is 4.79 Å². The highest BCUT2D eigenvalue weighted by atomic mass is 16.1. The van der Waals surface area contributed by atoms with E-state index in [2.05, 4.69) is 13.8 Å². The third kappa shape index (κ3) is 6.24. The van der Waals surface area contributed by atoms with Crippen molar-refractivity contribution in [2.24, 2.45) is 11.8 Å². The maximum atomic E-state index is 12.0. The Morgan fingerprint density at radius 2 is 1.53 bits per heavy atom. The van der Waals surface area contributed by atoms with Crippen molar-refractivity contribution in [2.45, 2.75) is 84.5 Å². The van der Waals surface area contributed by atoms with Crippen molar-refractivity contribution in [3.8, 4) is 0 Å². The van der Waals surface area contributed by atoms with E-state index in [1.165, 1.54) is 44.9 Å². The molecule has 0 aromatic heterocycles. The Bertz CT molecular complexity index is 202. The normalized spacial score (nSPS) is 24.8. The van der Waals surface area contributed by atoms with Crippen LogP contribution in [0.5, 0.6) is 0 Å². The van der Waals surface area contributed by atoms with Crippen LogP contribution in [0, 0.1) is 11.8 Å². The van der Waals surface area contributed by atoms with E-state index in [4.69, 9.17) is 0 Å². The van der Waals surface area contributed by atoms with Gasteiger partial charge in [0.1, 0.15) is 5.78 Å². The zero-order valence-corrected chi connectivity index (χ0v) is 11.8. The van der Waals surface area contributed by atoms with E-state index in [1.807, 2.05) is 0 Å². The van der Waals surface area contributed by atoms with Gasteiger partial charge in [-0.2, -0.15) is 0 Å². The van der Waals surface area contributed by atoms with E-state index >= 15 is 0 Å². The Morgan fingerprint density at radius 3 is 2.18 bits per heavy atom. The monoisotopic (exact) mass is 238 g/mol. The van der Waals surface area contributed by atoms with E-state index in [-0.39, 0.29) is 0 Å². The second-order valence-electron chi connectivity index (χ2n) is 5.94. The summed E-state index contributed by atoms with van der Waals surface area (Å²) in [7, 11) is 0. The van der Waals surface area contributed by atoms with Crippen molar-refractivity contribution >= 4 is 5.78 Å². The maximum absolute atomic E-state index is 12.0. The Morgan fingerprint density at radius 1 is 0.941 bits per heavy atom. The minimum Gasteiger partial charge on any atom is -0.299 e. The van der Waals surface area contributed by atoms with E-state index in [1.54, 1.807) is 0 Å². The molecule has 0 amide bonds. The first-order valence-corrected chi connectivity index (χ1v) is 7.76. The van der Waals surface area contributed by atoms with Crippen LogP contribution in [0.2, 0.25) is 0 Å². The van der Waals surface area contributed by atoms with E-state index in [0.29, 0.717) is 11.7 Å². The summed E-state index contributed by atoms with van der Waals surface area (Å²) in [6.45, 7) is 4.56. The fourth-order valence-corrected chi connectivity index (χ4v) is 2.87. The van der Waals surface area contributed by atoms with Gasteiger partial charge in [-0.3, -0.25) is 4.79 Å². The second kappa shape index (κ2) is 8.72. The van der Waals surface area contributed by atoms with Crippen LogP contribution in [-0.4, -0.2) is 5.78 Å². The molecule has 0 spiro atoms. The van der Waals surface area contributed by atoms with Gasteiger partial charge in [-0.05, 0) is 25.2 Å². The van der Waals surface area contributed by atoms with Crippen LogP contribution in [0.15, 0.2) is 0 Å². The number of carbonyl (C=O) groups is 1. The SMILES string of the molecule is CCCCCCCCC(=O)C1CCC(C)CC1. The van der Waals surface area contributed by atoms with Crippen LogP contribution in [0.4, 0.5) is 0 Å². The van der Waals surface area contributed by atoms with E-state index in [0.717, 1.165) is 31.6 Å². The smallest absolute Gasteiger partial charge is 0.135 e. The van der Waals surface area contributed by atoms with Gasteiger partial charge in [0.05, 0.1) is 0 Å². The molecule has 1 aliphatic carbocycles. The zero-order chi connectivity index (χ0) is 12.5. The highest BCUT2D eigenvalue weighted by Crippen LogP contribution is 2.29. The Hall–Kier alpha value is -0.330. The molecule has 0 aromatic rings. The minimum absolute atomic E-state index is 0.418. The van der Waals surface area contributed by atoms with Gasteiger partial charge in [-0.15, -0.1) is 0 Å². The molecule has 1 aliphatic rings. The lowest BCUT2D eigenvalue weighted by Gasteiger charge is -2.25. The van der Waals surface area contributed by atoms with E-state index < -0.39 is 0 Å². The summed E-state index contributed by atoms with van der Waals surface area (Å²) in [5, 5.41) is 0. The van der Waals surface area contributed by atoms with Gasteiger partial charge in [0.15, 0.2) is 0 Å². The molecule has 0 heterocycles. The lowest BCUT2D eigenvalue weighted by atomic mass is 9.80. The summed E-state index contributed by atoms with van der Waals surface area (Å²) in [5.41, 5.74) is 0. The Labute approximate surface area is 107 Å². The quantitative estimate of drug-likeness (QED) is 0.536. The van der Waals surface area contributed by atoms with Crippen molar-refractivity contribution in [1.82, 2.24) is 0 Å². The summed E-state index contributed by atoms with van der Waals surface area (Å²) in [6, 6.07) is 0. The van der Waals surface area contributed by atoms with Gasteiger partial charge >= 0.3 is 0 Å². The number of hydrogen-bond donors (Lipinski definition) is 0. The van der Waals surface area contributed by atoms with Gasteiger partial charge < -0.3 is 0 Å². The topological polar surface area (TPSA) is 17.1 Å². The molecule has 100 valence electrons. The molecule has 0 N–H and O–H groups in total. The molecule has 0 atom stereocenters. The van der Waals surface area contributed by atoms with Gasteiger partial charge in [-0.25, -0.2) is 0 Å². The van der Waals surface area contributed by atoms with Gasteiger partial charge in [0.2, 0.25) is 0 Å². The molecule has 0 bridgehead atoms. The molecule has 0 aromatic carbocycles. The average Bonchev–Trinajstić information content (AvgIpc) is 2.34. The van der Waals surface area contributed by atoms with Crippen molar-refractivity contribution < 1.29 is 4.79 Å². The molecule has 0 unspecified atom stereocenters. The van der Waals surface area contributed by atoms with Crippen LogP contribution in [-0.2, 0) is 4.79 Å². The maximum Gasteiger partial charge on any atom is 0.135 e. The molecule has 0 aliphatic heterocycles. The largest absolute Gasteiger partial charge is 0.299 e. The van der Waals surface area contributed by atoms with Crippen LogP contribution in [0.25, 0.3) is 0 Å². The molecule has 0 radical (unpaired) electrons. The van der Waals surface area contributed by atoms with Crippen molar-refractivity contribution in [3.05, 3.63) is 0 Å². The van der Waals surface area contributed by atoms with Crippen molar-refractivity contribution in [2.75, 3.05) is 0 Å². The molecular formula is C16H30O. The third-order valence-corrected chi connectivity index (χ3v) is 4.25. The van der Waals surface area contributed by atoms with Crippen LogP contribution < -0.4 is 0 Å². The Balaban J connectivity index is 2.01. The van der Waals surface area contributed by atoms with Gasteiger partial charge in [-0.1, -0.05) is 58.8 Å². The summed E-state index contributed by atoms with van der Waals surface area (Å²) < 4.78 is 0. The zero-order valence-electron chi connectivity index (χ0n) is 11.8. The Kier molecular flexibility index (Phi) is 7.55. The standard InChI is InChI=1S/C16H30O/c1-3-4-5-6-7-8-9-16(17)15-12-10-14(2)11-13-15/h14-15H,3-13H2,1-2H3. The molecule has 1 nitrogen and oxygen atoms in total. The van der Waals surface area contributed by atoms with Crippen LogP contribution in [0.3, 0.4) is 0 Å². The number of ketones is 1. The summed E-state index contributed by atoms with van der Waals surface area (Å²) in [5.74, 6) is 1.84. The predicted molar refractivity (Wildman–Crippen MR) is 74.1 cm³/mol. The van der Waals surface area contributed by atoms with Crippen LogP contribution >= 0.6 is 0 Å². The van der Waals surface area contributed by atoms with Crippen molar-refractivity contribution in [1.29, 1.82) is 0 Å². The lowest BCUT2D eigenvalue weighted by molar-refractivity contribution is -0.124. The average molecular weight is 238 g/mol. The molecular weight excluding hydrogens is 208 g/mol. The van der Waals surface area contributed by atoms with Gasteiger partial charge in [0, 0.05) is 12.3 Å². The summed E-state index contributed by atoms with van der Waals surface area (Å²) in [4.78, 5) is 12.0. The van der Waals surface area contributed by atoms with Gasteiger partial charge in [0.25, 0.3) is 0 Å². The van der Waals surface area contributed by atoms with Crippen molar-refractivity contribution in [3.63, 3.8) is 0 Å². The number of Topliss-reactive ketones (excluding diaryl/α,β-unsaturated/α-hetero) is 1. The first-order valence-electron chi connectivity index (χ1n) is 7.76. The third-order valence-electron chi connectivity index (χ3n) is 4.25. The number of unbranched alkanes of at least 4 members (excludes halogenated alkanes) is 5. The number of hydrogen-bond acceptors (Lipinski definition) is 1. The van der Waals surface area contributed by atoms with Crippen LogP contribution in [0.1, 0.15) is 84.5 Å². The fourth-order valence-electron chi connectivity index (χ4n) is 2.87. The summed E-state index contributed by atoms with van der Waals surface area (Å²) >= 11 is 0. The second-order valence-corrected chi connectivity index (χ2v) is 5.94. The molecule has 0 saturated heterocycles. The molecule has 1 rings (SSSR count).